The minimum absolute atomic E-state index is 0.131. The van der Waals surface area contributed by atoms with Crippen molar-refractivity contribution in [3.63, 3.8) is 0 Å². The van der Waals surface area contributed by atoms with Gasteiger partial charge in [0.15, 0.2) is 0 Å². The zero-order valence-electron chi connectivity index (χ0n) is 17.3. The van der Waals surface area contributed by atoms with E-state index in [2.05, 4.69) is 20.3 Å². The summed E-state index contributed by atoms with van der Waals surface area (Å²) in [5.74, 6) is 0.880. The van der Waals surface area contributed by atoms with Gasteiger partial charge in [0, 0.05) is 12.1 Å². The third-order valence-corrected chi connectivity index (χ3v) is 5.20. The summed E-state index contributed by atoms with van der Waals surface area (Å²) in [4.78, 5) is 23.5. The third kappa shape index (κ3) is 6.85. The molecule has 162 valence electrons. The zero-order chi connectivity index (χ0) is 22.1. The molecule has 0 spiro atoms. The first kappa shape index (κ1) is 22.4. The molecule has 9 heteroatoms. The van der Waals surface area contributed by atoms with Gasteiger partial charge < -0.3 is 19.2 Å². The summed E-state index contributed by atoms with van der Waals surface area (Å²) in [6, 6.07) is 14.4. The van der Waals surface area contributed by atoms with Gasteiger partial charge in [-0.1, -0.05) is 23.9 Å². The predicted octanol–water partition coefficient (Wildman–Crippen LogP) is 3.77. The highest BCUT2D eigenvalue weighted by atomic mass is 32.2. The lowest BCUT2D eigenvalue weighted by Gasteiger charge is -2.05. The fourth-order valence-electron chi connectivity index (χ4n) is 2.77. The van der Waals surface area contributed by atoms with Crippen molar-refractivity contribution < 1.29 is 23.5 Å². The number of ether oxygens (including phenoxy) is 2. The van der Waals surface area contributed by atoms with E-state index in [0.717, 1.165) is 18.6 Å². The Bertz CT molecular complexity index is 1000. The summed E-state index contributed by atoms with van der Waals surface area (Å²) < 4.78 is 15.4. The van der Waals surface area contributed by atoms with Crippen LogP contribution in [0.25, 0.3) is 0 Å². The number of carbonyl (C=O) groups excluding carboxylic acids is 2. The predicted molar refractivity (Wildman–Crippen MR) is 116 cm³/mol. The molecule has 0 aliphatic rings. The van der Waals surface area contributed by atoms with E-state index in [1.165, 1.54) is 24.4 Å². The summed E-state index contributed by atoms with van der Waals surface area (Å²) in [5, 5.41) is 11.1. The number of aryl methyl sites for hydroxylation is 2. The van der Waals surface area contributed by atoms with Crippen molar-refractivity contribution in [3.8, 4) is 5.75 Å². The summed E-state index contributed by atoms with van der Waals surface area (Å²) in [6.07, 6.45) is 2.44. The second-order valence-electron chi connectivity index (χ2n) is 6.57. The average molecular weight is 442 g/mol. The summed E-state index contributed by atoms with van der Waals surface area (Å²) in [6.45, 7) is 0. The van der Waals surface area contributed by atoms with Crippen LogP contribution in [0.1, 0.15) is 28.2 Å². The topological polar surface area (TPSA) is 104 Å². The fraction of sp³-hybridized carbons (Fsp3) is 0.273. The summed E-state index contributed by atoms with van der Waals surface area (Å²) in [5.41, 5.74) is 2.22. The first-order valence-electron chi connectivity index (χ1n) is 9.63. The number of carbonyl (C=O) groups is 2. The lowest BCUT2D eigenvalue weighted by molar-refractivity contribution is -0.113. The van der Waals surface area contributed by atoms with Crippen LogP contribution >= 0.6 is 11.8 Å². The molecule has 3 aromatic rings. The fourth-order valence-corrected chi connectivity index (χ4v) is 3.35. The Hall–Kier alpha value is -3.33. The van der Waals surface area contributed by atoms with E-state index in [1.807, 2.05) is 24.3 Å². The van der Waals surface area contributed by atoms with Crippen molar-refractivity contribution in [3.05, 3.63) is 65.5 Å². The van der Waals surface area contributed by atoms with Gasteiger partial charge in [0.05, 0.1) is 25.5 Å². The summed E-state index contributed by atoms with van der Waals surface area (Å²) in [7, 11) is 2.96. The molecular formula is C22H23N3O5S. The highest BCUT2D eigenvalue weighted by Gasteiger charge is 2.11. The van der Waals surface area contributed by atoms with Crippen molar-refractivity contribution >= 4 is 29.3 Å². The van der Waals surface area contributed by atoms with Crippen molar-refractivity contribution in [1.29, 1.82) is 0 Å². The van der Waals surface area contributed by atoms with Crippen LogP contribution in [0.3, 0.4) is 0 Å². The maximum Gasteiger partial charge on any atom is 0.337 e. The largest absolute Gasteiger partial charge is 0.497 e. The molecule has 0 saturated heterocycles. The van der Waals surface area contributed by atoms with E-state index >= 15 is 0 Å². The number of thioether (sulfide) groups is 1. The minimum Gasteiger partial charge on any atom is -0.497 e. The lowest BCUT2D eigenvalue weighted by Crippen LogP contribution is -2.14. The van der Waals surface area contributed by atoms with Gasteiger partial charge in [-0.2, -0.15) is 0 Å². The number of rotatable bonds is 10. The van der Waals surface area contributed by atoms with E-state index < -0.39 is 5.97 Å². The Balaban J connectivity index is 1.40. The van der Waals surface area contributed by atoms with Gasteiger partial charge in [0.25, 0.3) is 5.22 Å². The minimum atomic E-state index is -0.426. The molecular weight excluding hydrogens is 418 g/mol. The lowest BCUT2D eigenvalue weighted by atomic mass is 10.1. The number of hydrogen-bond donors (Lipinski definition) is 1. The van der Waals surface area contributed by atoms with E-state index in [4.69, 9.17) is 9.15 Å². The molecule has 0 fully saturated rings. The van der Waals surface area contributed by atoms with Crippen molar-refractivity contribution in [2.45, 2.75) is 24.5 Å². The maximum atomic E-state index is 12.1. The molecule has 31 heavy (non-hydrogen) atoms. The Morgan fingerprint density at radius 3 is 2.42 bits per heavy atom. The number of aromatic nitrogens is 2. The van der Waals surface area contributed by atoms with Crippen molar-refractivity contribution in [2.75, 3.05) is 25.3 Å². The molecule has 0 unspecified atom stereocenters. The van der Waals surface area contributed by atoms with Crippen LogP contribution in [0.15, 0.2) is 58.2 Å². The summed E-state index contributed by atoms with van der Waals surface area (Å²) >= 11 is 1.17. The van der Waals surface area contributed by atoms with Crippen LogP contribution in [0.5, 0.6) is 5.75 Å². The molecule has 2 aromatic carbocycles. The first-order chi connectivity index (χ1) is 15.1. The highest BCUT2D eigenvalue weighted by Crippen LogP contribution is 2.19. The Morgan fingerprint density at radius 1 is 1.00 bits per heavy atom. The van der Waals surface area contributed by atoms with Gasteiger partial charge >= 0.3 is 5.97 Å². The monoisotopic (exact) mass is 441 g/mol. The maximum absolute atomic E-state index is 12.1. The third-order valence-electron chi connectivity index (χ3n) is 4.38. The number of benzene rings is 2. The van der Waals surface area contributed by atoms with Gasteiger partial charge in [0.2, 0.25) is 11.8 Å². The number of nitrogens with zero attached hydrogens (tertiary/aromatic N) is 2. The standard InChI is InChI=1S/C22H23N3O5S/c1-28-18-12-6-15(7-13-18)4-3-5-20-24-25-22(30-20)31-14-19(26)23-17-10-8-16(9-11-17)21(27)29-2/h6-13H,3-5,14H2,1-2H3,(H,23,26). The number of anilines is 1. The molecule has 0 bridgehead atoms. The zero-order valence-corrected chi connectivity index (χ0v) is 18.1. The van der Waals surface area contributed by atoms with E-state index in [9.17, 15) is 9.59 Å². The molecule has 1 aromatic heterocycles. The quantitative estimate of drug-likeness (QED) is 0.375. The number of hydrogen-bond acceptors (Lipinski definition) is 8. The van der Waals surface area contributed by atoms with Crippen LogP contribution in [0, 0.1) is 0 Å². The van der Waals surface area contributed by atoms with E-state index in [0.29, 0.717) is 28.8 Å². The molecule has 1 N–H and O–H groups in total. The normalized spacial score (nSPS) is 10.5. The van der Waals surface area contributed by atoms with Gasteiger partial charge in [-0.05, 0) is 54.8 Å². The van der Waals surface area contributed by atoms with Gasteiger partial charge in [-0.3, -0.25) is 4.79 Å². The van der Waals surface area contributed by atoms with Crippen LogP contribution in [-0.2, 0) is 22.4 Å². The molecule has 0 aliphatic carbocycles. The van der Waals surface area contributed by atoms with E-state index in [1.54, 1.807) is 31.4 Å². The van der Waals surface area contributed by atoms with Gasteiger partial charge in [0.1, 0.15) is 5.75 Å². The van der Waals surface area contributed by atoms with Crippen LogP contribution < -0.4 is 10.1 Å². The molecule has 1 amide bonds. The number of amides is 1. The van der Waals surface area contributed by atoms with Crippen molar-refractivity contribution in [1.82, 2.24) is 10.2 Å². The number of esters is 1. The first-order valence-corrected chi connectivity index (χ1v) is 10.6. The molecule has 3 rings (SSSR count). The second kappa shape index (κ2) is 11.2. The van der Waals surface area contributed by atoms with Gasteiger partial charge in [-0.15, -0.1) is 10.2 Å². The number of methoxy groups -OCH3 is 2. The van der Waals surface area contributed by atoms with Crippen LogP contribution in [0.2, 0.25) is 0 Å². The smallest absolute Gasteiger partial charge is 0.337 e. The van der Waals surface area contributed by atoms with E-state index in [-0.39, 0.29) is 11.7 Å². The van der Waals surface area contributed by atoms with Gasteiger partial charge in [-0.25, -0.2) is 4.79 Å². The molecule has 8 nitrogen and oxygen atoms in total. The Kier molecular flexibility index (Phi) is 8.05. The number of nitrogens with one attached hydrogen (secondary N) is 1. The molecule has 0 aliphatic heterocycles. The van der Waals surface area contributed by atoms with Crippen LogP contribution in [0.4, 0.5) is 5.69 Å². The highest BCUT2D eigenvalue weighted by molar-refractivity contribution is 7.99. The van der Waals surface area contributed by atoms with Crippen LogP contribution in [-0.4, -0.2) is 42.0 Å². The molecule has 0 atom stereocenters. The molecule has 1 heterocycles. The molecule has 0 radical (unpaired) electrons. The second-order valence-corrected chi connectivity index (χ2v) is 7.50. The average Bonchev–Trinajstić information content (AvgIpc) is 3.26. The SMILES string of the molecule is COC(=O)c1ccc(NC(=O)CSc2nnc(CCCc3ccc(OC)cc3)o2)cc1. The Morgan fingerprint density at radius 2 is 1.74 bits per heavy atom. The van der Waals surface area contributed by atoms with Crippen molar-refractivity contribution in [2.24, 2.45) is 0 Å². The molecule has 0 saturated carbocycles. The Labute approximate surface area is 184 Å².